The van der Waals surface area contributed by atoms with Gasteiger partial charge < -0.3 is 15.3 Å². The summed E-state index contributed by atoms with van der Waals surface area (Å²) < 4.78 is 0. The zero-order chi connectivity index (χ0) is 9.56. The van der Waals surface area contributed by atoms with Crippen molar-refractivity contribution in [3.8, 4) is 0 Å². The Hall–Kier alpha value is -1.10. The van der Waals surface area contributed by atoms with Gasteiger partial charge in [-0.05, 0) is 6.92 Å². The van der Waals surface area contributed by atoms with Gasteiger partial charge in [0.15, 0.2) is 0 Å². The molecule has 0 radical (unpaired) electrons. The predicted octanol–water partition coefficient (Wildman–Crippen LogP) is -1.43. The van der Waals surface area contributed by atoms with Crippen molar-refractivity contribution in [1.82, 2.24) is 10.2 Å². The van der Waals surface area contributed by atoms with Crippen LogP contribution in [0.3, 0.4) is 0 Å². The third-order valence-electron chi connectivity index (χ3n) is 1.46. The van der Waals surface area contributed by atoms with Crippen molar-refractivity contribution >= 4 is 11.8 Å². The first-order valence-electron chi connectivity index (χ1n) is 3.79. The minimum atomic E-state index is -0.648. The quantitative estimate of drug-likeness (QED) is 0.515. The molecular weight excluding hydrogens is 160 g/mol. The number of amides is 2. The van der Waals surface area contributed by atoms with Crippen molar-refractivity contribution in [2.75, 3.05) is 26.7 Å². The van der Waals surface area contributed by atoms with Crippen LogP contribution in [0.5, 0.6) is 0 Å². The number of aliphatic hydroxyl groups excluding tert-OH is 1. The molecule has 0 fully saturated rings. The third-order valence-corrected chi connectivity index (χ3v) is 1.46. The summed E-state index contributed by atoms with van der Waals surface area (Å²) in [6, 6.07) is 0. The fourth-order valence-electron chi connectivity index (χ4n) is 0.775. The van der Waals surface area contributed by atoms with Crippen molar-refractivity contribution in [3.05, 3.63) is 0 Å². The summed E-state index contributed by atoms with van der Waals surface area (Å²) in [4.78, 5) is 23.2. The Kier molecular flexibility index (Phi) is 5.03. The van der Waals surface area contributed by atoms with Crippen LogP contribution in [-0.4, -0.2) is 48.6 Å². The van der Waals surface area contributed by atoms with Crippen molar-refractivity contribution in [1.29, 1.82) is 0 Å². The maximum Gasteiger partial charge on any atom is 0.311 e. The minimum absolute atomic E-state index is 0.128. The molecule has 0 aromatic carbocycles. The lowest BCUT2D eigenvalue weighted by Crippen LogP contribution is -2.42. The van der Waals surface area contributed by atoms with Crippen LogP contribution in [0.15, 0.2) is 0 Å². The molecule has 5 heteroatoms. The van der Waals surface area contributed by atoms with E-state index in [1.807, 2.05) is 0 Å². The molecule has 0 aliphatic carbocycles. The van der Waals surface area contributed by atoms with E-state index in [0.29, 0.717) is 6.54 Å². The molecule has 0 saturated heterocycles. The van der Waals surface area contributed by atoms with Crippen LogP contribution in [0.25, 0.3) is 0 Å². The standard InChI is InChI=1S/C7H14N2O3/c1-3-9(4-5-10)7(12)6(11)8-2/h10H,3-5H2,1-2H3,(H,8,11). The predicted molar refractivity (Wildman–Crippen MR) is 43.4 cm³/mol. The number of carbonyl (C=O) groups is 2. The number of nitrogens with zero attached hydrogens (tertiary/aromatic N) is 1. The molecule has 0 rings (SSSR count). The Morgan fingerprint density at radius 2 is 2.08 bits per heavy atom. The largest absolute Gasteiger partial charge is 0.395 e. The lowest BCUT2D eigenvalue weighted by atomic mass is 10.4. The Bertz CT molecular complexity index is 170. The number of nitrogens with one attached hydrogen (secondary N) is 1. The summed E-state index contributed by atoms with van der Waals surface area (Å²) >= 11 is 0. The smallest absolute Gasteiger partial charge is 0.311 e. The zero-order valence-electron chi connectivity index (χ0n) is 7.33. The van der Waals surface area contributed by atoms with Crippen LogP contribution in [-0.2, 0) is 9.59 Å². The lowest BCUT2D eigenvalue weighted by Gasteiger charge is -2.17. The third kappa shape index (κ3) is 2.87. The van der Waals surface area contributed by atoms with Gasteiger partial charge in [-0.25, -0.2) is 0 Å². The summed E-state index contributed by atoms with van der Waals surface area (Å²) in [6.45, 7) is 2.24. The van der Waals surface area contributed by atoms with Gasteiger partial charge in [0.2, 0.25) is 0 Å². The van der Waals surface area contributed by atoms with Crippen molar-refractivity contribution in [2.45, 2.75) is 6.92 Å². The molecule has 70 valence electrons. The first-order valence-corrected chi connectivity index (χ1v) is 3.79. The number of rotatable bonds is 3. The second-order valence-corrected chi connectivity index (χ2v) is 2.19. The first-order chi connectivity index (χ1) is 5.67. The average molecular weight is 174 g/mol. The molecule has 0 aliphatic heterocycles. The highest BCUT2D eigenvalue weighted by Gasteiger charge is 2.17. The molecule has 2 amide bonds. The highest BCUT2D eigenvalue weighted by molar-refractivity contribution is 6.34. The Morgan fingerprint density at radius 3 is 2.42 bits per heavy atom. The zero-order valence-corrected chi connectivity index (χ0v) is 7.33. The molecule has 0 aliphatic rings. The van der Waals surface area contributed by atoms with Crippen molar-refractivity contribution in [3.63, 3.8) is 0 Å². The van der Waals surface area contributed by atoms with E-state index in [1.165, 1.54) is 11.9 Å². The molecule has 0 aromatic heterocycles. The van der Waals surface area contributed by atoms with Crippen LogP contribution >= 0.6 is 0 Å². The number of carbonyl (C=O) groups excluding carboxylic acids is 2. The fourth-order valence-corrected chi connectivity index (χ4v) is 0.775. The Labute approximate surface area is 71.4 Å². The van der Waals surface area contributed by atoms with Crippen molar-refractivity contribution < 1.29 is 14.7 Å². The SMILES string of the molecule is CCN(CCO)C(=O)C(=O)NC. The monoisotopic (exact) mass is 174 g/mol. The van der Waals surface area contributed by atoms with Gasteiger partial charge in [0.1, 0.15) is 0 Å². The fraction of sp³-hybridized carbons (Fsp3) is 0.714. The van der Waals surface area contributed by atoms with Crippen LogP contribution in [0.2, 0.25) is 0 Å². The molecule has 5 nitrogen and oxygen atoms in total. The van der Waals surface area contributed by atoms with Gasteiger partial charge in [-0.15, -0.1) is 0 Å². The number of hydrogen-bond donors (Lipinski definition) is 2. The van der Waals surface area contributed by atoms with E-state index in [4.69, 9.17) is 5.11 Å². The highest BCUT2D eigenvalue weighted by Crippen LogP contribution is 1.88. The molecule has 0 aromatic rings. The van der Waals surface area contributed by atoms with E-state index in [0.717, 1.165) is 0 Å². The highest BCUT2D eigenvalue weighted by atomic mass is 16.3. The Morgan fingerprint density at radius 1 is 1.50 bits per heavy atom. The number of aliphatic hydroxyl groups is 1. The number of likely N-dealkylation sites (N-methyl/N-ethyl adjacent to an activating group) is 2. The summed E-state index contributed by atoms with van der Waals surface area (Å²) in [5.74, 6) is -1.25. The molecule has 2 N–H and O–H groups in total. The molecule has 0 heterocycles. The lowest BCUT2D eigenvalue weighted by molar-refractivity contribution is -0.145. The summed E-state index contributed by atoms with van der Waals surface area (Å²) in [6.07, 6.45) is 0. The van der Waals surface area contributed by atoms with Gasteiger partial charge in [0, 0.05) is 20.1 Å². The van der Waals surface area contributed by atoms with Gasteiger partial charge in [-0.2, -0.15) is 0 Å². The number of hydrogen-bond acceptors (Lipinski definition) is 3. The van der Waals surface area contributed by atoms with Crippen LogP contribution in [0.4, 0.5) is 0 Å². The maximum atomic E-state index is 11.1. The molecule has 0 bridgehead atoms. The molecule has 0 atom stereocenters. The van der Waals surface area contributed by atoms with E-state index in [9.17, 15) is 9.59 Å². The summed E-state index contributed by atoms with van der Waals surface area (Å²) in [7, 11) is 1.40. The van der Waals surface area contributed by atoms with Crippen LogP contribution in [0.1, 0.15) is 6.92 Å². The second-order valence-electron chi connectivity index (χ2n) is 2.19. The average Bonchev–Trinajstić information content (AvgIpc) is 2.11. The minimum Gasteiger partial charge on any atom is -0.395 e. The summed E-state index contributed by atoms with van der Waals surface area (Å²) in [5, 5.41) is 10.8. The molecule has 0 spiro atoms. The molecular formula is C7H14N2O3. The van der Waals surface area contributed by atoms with Crippen LogP contribution < -0.4 is 5.32 Å². The van der Waals surface area contributed by atoms with Gasteiger partial charge in [0.25, 0.3) is 0 Å². The molecule has 12 heavy (non-hydrogen) atoms. The summed E-state index contributed by atoms with van der Waals surface area (Å²) in [5.41, 5.74) is 0. The van der Waals surface area contributed by atoms with Gasteiger partial charge >= 0.3 is 11.8 Å². The van der Waals surface area contributed by atoms with E-state index in [-0.39, 0.29) is 13.2 Å². The van der Waals surface area contributed by atoms with Gasteiger partial charge in [0.05, 0.1) is 6.61 Å². The van der Waals surface area contributed by atoms with E-state index >= 15 is 0 Å². The first kappa shape index (κ1) is 10.9. The van der Waals surface area contributed by atoms with Crippen molar-refractivity contribution in [2.24, 2.45) is 0 Å². The topological polar surface area (TPSA) is 69.6 Å². The second kappa shape index (κ2) is 5.54. The molecule has 0 unspecified atom stereocenters. The van der Waals surface area contributed by atoms with Gasteiger partial charge in [-0.3, -0.25) is 9.59 Å². The Balaban J connectivity index is 4.11. The molecule has 0 saturated carbocycles. The van der Waals surface area contributed by atoms with Crippen LogP contribution in [0, 0.1) is 0 Å². The van der Waals surface area contributed by atoms with E-state index < -0.39 is 11.8 Å². The normalized spacial score (nSPS) is 9.25. The van der Waals surface area contributed by atoms with E-state index in [2.05, 4.69) is 5.32 Å². The maximum absolute atomic E-state index is 11.1. The van der Waals surface area contributed by atoms with E-state index in [1.54, 1.807) is 6.92 Å². The van der Waals surface area contributed by atoms with Gasteiger partial charge in [-0.1, -0.05) is 0 Å².